The highest BCUT2D eigenvalue weighted by Gasteiger charge is 2.24. The Morgan fingerprint density at radius 2 is 1.72 bits per heavy atom. The normalized spacial score (nSPS) is 12.2. The lowest BCUT2D eigenvalue weighted by atomic mass is 9.79. The molecule has 0 spiro atoms. The predicted octanol–water partition coefficient (Wildman–Crippen LogP) is 5.17. The molecule has 0 aliphatic carbocycles. The van der Waals surface area contributed by atoms with Gasteiger partial charge in [-0.3, -0.25) is 4.79 Å². The van der Waals surface area contributed by atoms with E-state index in [1.165, 1.54) is 6.21 Å². The van der Waals surface area contributed by atoms with Crippen molar-refractivity contribution in [3.63, 3.8) is 0 Å². The van der Waals surface area contributed by atoms with Gasteiger partial charge in [0, 0.05) is 16.1 Å². The molecule has 1 amide bonds. The van der Waals surface area contributed by atoms with E-state index in [-0.39, 0.29) is 23.2 Å². The Balaban J connectivity index is 2.12. The number of rotatable bonds is 5. The van der Waals surface area contributed by atoms with Crippen LogP contribution in [-0.2, 0) is 15.6 Å². The van der Waals surface area contributed by atoms with Crippen LogP contribution in [0.4, 0.5) is 0 Å². The quantitative estimate of drug-likeness (QED) is 0.521. The van der Waals surface area contributed by atoms with Gasteiger partial charge in [0.1, 0.15) is 11.5 Å². The summed E-state index contributed by atoms with van der Waals surface area (Å²) < 4.78 is 5.38. The molecule has 6 heteroatoms. The second kappa shape index (κ2) is 8.87. The highest BCUT2D eigenvalue weighted by Crippen LogP contribution is 2.37. The van der Waals surface area contributed by atoms with Crippen molar-refractivity contribution in [2.24, 2.45) is 5.10 Å². The molecule has 0 aliphatic rings. The summed E-state index contributed by atoms with van der Waals surface area (Å²) in [7, 11) is 0. The van der Waals surface area contributed by atoms with Crippen LogP contribution in [0.15, 0.2) is 41.5 Å². The molecule has 2 N–H and O–H groups in total. The number of benzene rings is 2. The minimum absolute atomic E-state index is 0.0913. The molecule has 29 heavy (non-hydrogen) atoms. The monoisotopic (exact) mass is 416 g/mol. The average Bonchev–Trinajstić information content (AvgIpc) is 2.60. The van der Waals surface area contributed by atoms with Gasteiger partial charge in [-0.15, -0.1) is 0 Å². The lowest BCUT2D eigenvalue weighted by Crippen LogP contribution is -2.24. The number of ether oxygens (including phenoxy) is 1. The molecule has 0 saturated heterocycles. The Kier molecular flexibility index (Phi) is 6.96. The van der Waals surface area contributed by atoms with E-state index in [0.717, 1.165) is 11.1 Å². The molecule has 2 aromatic rings. The molecular formula is C23H29ClN2O3. The Labute approximate surface area is 177 Å². The molecule has 0 aliphatic heterocycles. The average molecular weight is 417 g/mol. The number of hydrogen-bond donors (Lipinski definition) is 2. The van der Waals surface area contributed by atoms with E-state index in [2.05, 4.69) is 31.3 Å². The van der Waals surface area contributed by atoms with E-state index < -0.39 is 5.91 Å². The Morgan fingerprint density at radius 1 is 1.10 bits per heavy atom. The molecule has 0 aromatic heterocycles. The Morgan fingerprint density at radius 3 is 2.28 bits per heavy atom. The van der Waals surface area contributed by atoms with E-state index in [1.807, 2.05) is 32.9 Å². The van der Waals surface area contributed by atoms with E-state index in [9.17, 15) is 9.90 Å². The van der Waals surface area contributed by atoms with E-state index in [1.54, 1.807) is 24.3 Å². The number of carbonyl (C=O) groups excluding carboxylic acids is 1. The van der Waals surface area contributed by atoms with Gasteiger partial charge in [-0.25, -0.2) is 5.43 Å². The van der Waals surface area contributed by atoms with Gasteiger partial charge in [0.15, 0.2) is 6.61 Å². The maximum absolute atomic E-state index is 12.0. The van der Waals surface area contributed by atoms with Crippen LogP contribution in [-0.4, -0.2) is 23.8 Å². The standard InChI is InChI=1S/C23H29ClN2O3/c1-22(2,3)16-11-15(21(28)19(12-16)23(4,5)6)13-25-26-20(27)14-29-18-9-7-17(24)8-10-18/h7-13,28H,14H2,1-6H3,(H,26,27)/b25-13+. The smallest absolute Gasteiger partial charge is 0.277 e. The molecule has 0 heterocycles. The first-order chi connectivity index (χ1) is 13.4. The van der Waals surface area contributed by atoms with Gasteiger partial charge in [-0.05, 0) is 46.7 Å². The highest BCUT2D eigenvalue weighted by atomic mass is 35.5. The van der Waals surface area contributed by atoms with Crippen LogP contribution < -0.4 is 10.2 Å². The maximum atomic E-state index is 12.0. The zero-order valence-corrected chi connectivity index (χ0v) is 18.6. The summed E-state index contributed by atoms with van der Waals surface area (Å²) in [5, 5.41) is 15.3. The molecule has 0 saturated carbocycles. The van der Waals surface area contributed by atoms with Crippen LogP contribution in [0.1, 0.15) is 58.2 Å². The largest absolute Gasteiger partial charge is 0.507 e. The zero-order chi connectivity index (χ0) is 21.8. The van der Waals surface area contributed by atoms with Gasteiger partial charge in [0.25, 0.3) is 5.91 Å². The van der Waals surface area contributed by atoms with E-state index >= 15 is 0 Å². The number of nitrogens with zero attached hydrogens (tertiary/aromatic N) is 1. The number of aromatic hydroxyl groups is 1. The van der Waals surface area contributed by atoms with Crippen molar-refractivity contribution in [3.05, 3.63) is 58.1 Å². The fourth-order valence-electron chi connectivity index (χ4n) is 2.65. The first kappa shape index (κ1) is 22.8. The molecule has 0 atom stereocenters. The third-order valence-corrected chi connectivity index (χ3v) is 4.64. The number of phenols is 1. The van der Waals surface area contributed by atoms with Crippen LogP contribution in [0, 0.1) is 0 Å². The third kappa shape index (κ3) is 6.50. The molecule has 5 nitrogen and oxygen atoms in total. The van der Waals surface area contributed by atoms with Gasteiger partial charge in [-0.2, -0.15) is 5.10 Å². The highest BCUT2D eigenvalue weighted by molar-refractivity contribution is 6.30. The molecule has 0 fully saturated rings. The summed E-state index contributed by atoms with van der Waals surface area (Å²) in [6.07, 6.45) is 1.46. The van der Waals surface area contributed by atoms with Gasteiger partial charge in [-0.1, -0.05) is 59.2 Å². The zero-order valence-electron chi connectivity index (χ0n) is 17.8. The minimum Gasteiger partial charge on any atom is -0.507 e. The summed E-state index contributed by atoms with van der Waals surface area (Å²) in [6, 6.07) is 10.7. The number of amides is 1. The predicted molar refractivity (Wildman–Crippen MR) is 118 cm³/mol. The second-order valence-corrected chi connectivity index (χ2v) is 9.43. The van der Waals surface area contributed by atoms with Crippen LogP contribution in [0.5, 0.6) is 11.5 Å². The molecule has 2 rings (SSSR count). The summed E-state index contributed by atoms with van der Waals surface area (Å²) in [6.45, 7) is 12.3. The topological polar surface area (TPSA) is 70.9 Å². The first-order valence-corrected chi connectivity index (χ1v) is 9.84. The number of nitrogens with one attached hydrogen (secondary N) is 1. The van der Waals surface area contributed by atoms with Gasteiger partial charge in [0.05, 0.1) is 6.21 Å². The molecule has 0 bridgehead atoms. The van der Waals surface area contributed by atoms with Crippen molar-refractivity contribution >= 4 is 23.7 Å². The SMILES string of the molecule is CC(C)(C)c1cc(/C=N/NC(=O)COc2ccc(Cl)cc2)c(O)c(C(C)(C)C)c1. The van der Waals surface area contributed by atoms with Crippen molar-refractivity contribution in [2.75, 3.05) is 6.61 Å². The summed E-state index contributed by atoms with van der Waals surface area (Å²) in [4.78, 5) is 12.0. The number of halogens is 1. The van der Waals surface area contributed by atoms with Crippen LogP contribution >= 0.6 is 11.6 Å². The molecule has 2 aromatic carbocycles. The molecular weight excluding hydrogens is 388 g/mol. The first-order valence-electron chi connectivity index (χ1n) is 9.46. The maximum Gasteiger partial charge on any atom is 0.277 e. The lowest BCUT2D eigenvalue weighted by molar-refractivity contribution is -0.123. The Bertz CT molecular complexity index is 892. The van der Waals surface area contributed by atoms with Gasteiger partial charge in [0.2, 0.25) is 0 Å². The van der Waals surface area contributed by atoms with E-state index in [0.29, 0.717) is 16.3 Å². The molecule has 0 unspecified atom stereocenters. The number of phenolic OH excluding ortho intramolecular Hbond substituents is 1. The fourth-order valence-corrected chi connectivity index (χ4v) is 2.77. The van der Waals surface area contributed by atoms with Crippen molar-refractivity contribution in [2.45, 2.75) is 52.4 Å². The van der Waals surface area contributed by atoms with Gasteiger partial charge < -0.3 is 9.84 Å². The molecule has 156 valence electrons. The van der Waals surface area contributed by atoms with Gasteiger partial charge >= 0.3 is 0 Å². The van der Waals surface area contributed by atoms with Crippen molar-refractivity contribution < 1.29 is 14.6 Å². The number of hydrogen-bond acceptors (Lipinski definition) is 4. The summed E-state index contributed by atoms with van der Waals surface area (Å²) in [5.41, 5.74) is 4.58. The molecule has 0 radical (unpaired) electrons. The van der Waals surface area contributed by atoms with Crippen molar-refractivity contribution in [1.29, 1.82) is 0 Å². The summed E-state index contributed by atoms with van der Waals surface area (Å²) >= 11 is 5.82. The minimum atomic E-state index is -0.404. The fraction of sp³-hybridized carbons (Fsp3) is 0.391. The van der Waals surface area contributed by atoms with E-state index in [4.69, 9.17) is 16.3 Å². The lowest BCUT2D eigenvalue weighted by Gasteiger charge is -2.26. The third-order valence-electron chi connectivity index (χ3n) is 4.39. The summed E-state index contributed by atoms with van der Waals surface area (Å²) in [5.74, 6) is 0.304. The number of hydrazone groups is 1. The van der Waals surface area contributed by atoms with Crippen LogP contribution in [0.25, 0.3) is 0 Å². The van der Waals surface area contributed by atoms with Crippen LogP contribution in [0.3, 0.4) is 0 Å². The van der Waals surface area contributed by atoms with Crippen molar-refractivity contribution in [3.8, 4) is 11.5 Å². The second-order valence-electron chi connectivity index (χ2n) is 9.00. The van der Waals surface area contributed by atoms with Crippen LogP contribution in [0.2, 0.25) is 5.02 Å². The van der Waals surface area contributed by atoms with Crippen molar-refractivity contribution in [1.82, 2.24) is 5.43 Å². The Hall–Kier alpha value is -2.53. The number of carbonyl (C=O) groups is 1.